The number of carbonyl (C=O) groups is 2. The lowest BCUT2D eigenvalue weighted by molar-refractivity contribution is -0.123. The number of benzene rings is 1. The van der Waals surface area contributed by atoms with Gasteiger partial charge in [0.2, 0.25) is 5.91 Å². The number of rotatable bonds is 3. The molecule has 3 N–H and O–H groups in total. The highest BCUT2D eigenvalue weighted by Crippen LogP contribution is 2.25. The summed E-state index contributed by atoms with van der Waals surface area (Å²) in [7, 11) is 0. The Morgan fingerprint density at radius 3 is 3.12 bits per heavy atom. The van der Waals surface area contributed by atoms with Crippen molar-refractivity contribution in [3.05, 3.63) is 35.8 Å². The van der Waals surface area contributed by atoms with E-state index in [1.54, 1.807) is 17.2 Å². The largest absolute Gasteiger partial charge is 0.361 e. The van der Waals surface area contributed by atoms with Crippen molar-refractivity contribution in [2.75, 3.05) is 19.6 Å². The summed E-state index contributed by atoms with van der Waals surface area (Å²) in [6, 6.07) is 4.91. The van der Waals surface area contributed by atoms with Crippen LogP contribution >= 0.6 is 0 Å². The normalized spacial score (nSPS) is 22.8. The Balaban J connectivity index is 1.33. The zero-order valence-electron chi connectivity index (χ0n) is 13.8. The van der Waals surface area contributed by atoms with Crippen molar-refractivity contribution < 1.29 is 14.0 Å². The van der Waals surface area contributed by atoms with Crippen LogP contribution in [0.4, 0.5) is 9.18 Å². The quantitative estimate of drug-likeness (QED) is 0.794. The summed E-state index contributed by atoms with van der Waals surface area (Å²) in [4.78, 5) is 28.6. The van der Waals surface area contributed by atoms with Gasteiger partial charge in [0.25, 0.3) is 0 Å². The van der Waals surface area contributed by atoms with Gasteiger partial charge in [0.05, 0.1) is 6.04 Å². The molecule has 3 heterocycles. The van der Waals surface area contributed by atoms with Crippen molar-refractivity contribution in [2.24, 2.45) is 5.92 Å². The minimum atomic E-state index is -0.251. The second kappa shape index (κ2) is 6.38. The lowest BCUT2D eigenvalue weighted by Crippen LogP contribution is -2.45. The molecule has 2 aromatic rings. The Kier molecular flexibility index (Phi) is 4.07. The summed E-state index contributed by atoms with van der Waals surface area (Å²) < 4.78 is 14.0. The van der Waals surface area contributed by atoms with E-state index in [2.05, 4.69) is 15.6 Å². The van der Waals surface area contributed by atoms with Crippen LogP contribution in [0.15, 0.2) is 24.4 Å². The standard InChI is InChI=1S/C18H21FN4O2/c19-13-2-1-3-14-17(13)11(8-21-14)6-7-20-18(25)23-9-12-4-5-16(24)22-15(12)10-23/h1-3,8,12,15,21H,4-7,9-10H2,(H,20,25)(H,22,24). The Morgan fingerprint density at radius 1 is 1.36 bits per heavy atom. The summed E-state index contributed by atoms with van der Waals surface area (Å²) in [5.74, 6) is 0.176. The highest BCUT2D eigenvalue weighted by molar-refractivity contribution is 5.84. The molecule has 2 saturated heterocycles. The third kappa shape index (κ3) is 3.06. The number of hydrogen-bond donors (Lipinski definition) is 3. The highest BCUT2D eigenvalue weighted by Gasteiger charge is 2.38. The van der Waals surface area contributed by atoms with Gasteiger partial charge in [-0.25, -0.2) is 9.18 Å². The Bertz CT molecular complexity index is 819. The number of likely N-dealkylation sites (tertiary alicyclic amines) is 1. The first-order valence-corrected chi connectivity index (χ1v) is 8.68. The second-order valence-electron chi connectivity index (χ2n) is 6.84. The molecule has 0 aliphatic carbocycles. The number of hydrogen-bond acceptors (Lipinski definition) is 2. The molecule has 3 amide bonds. The van der Waals surface area contributed by atoms with Gasteiger partial charge in [-0.15, -0.1) is 0 Å². The van der Waals surface area contributed by atoms with Gasteiger partial charge in [-0.1, -0.05) is 6.07 Å². The van der Waals surface area contributed by atoms with Gasteiger partial charge in [-0.2, -0.15) is 0 Å². The third-order valence-corrected chi connectivity index (χ3v) is 5.22. The number of piperidine rings is 1. The summed E-state index contributed by atoms with van der Waals surface area (Å²) in [6.45, 7) is 1.68. The third-order valence-electron chi connectivity index (χ3n) is 5.22. The first kappa shape index (κ1) is 15.9. The van der Waals surface area contributed by atoms with Gasteiger partial charge in [-0.05, 0) is 36.5 Å². The SMILES string of the molecule is O=C1CCC2CN(C(=O)NCCc3c[nH]c4cccc(F)c34)CC2N1. The molecule has 2 aliphatic rings. The van der Waals surface area contributed by atoms with E-state index >= 15 is 0 Å². The van der Waals surface area contributed by atoms with Crippen molar-refractivity contribution in [2.45, 2.75) is 25.3 Å². The summed E-state index contributed by atoms with van der Waals surface area (Å²) in [5.41, 5.74) is 1.62. The van der Waals surface area contributed by atoms with E-state index < -0.39 is 0 Å². The van der Waals surface area contributed by atoms with Crippen molar-refractivity contribution in [1.29, 1.82) is 0 Å². The first-order valence-electron chi connectivity index (χ1n) is 8.68. The topological polar surface area (TPSA) is 77.2 Å². The van der Waals surface area contributed by atoms with Crippen LogP contribution in [0.25, 0.3) is 10.9 Å². The minimum absolute atomic E-state index is 0.0740. The van der Waals surface area contributed by atoms with E-state index in [1.165, 1.54) is 6.07 Å². The first-order chi connectivity index (χ1) is 12.1. The Morgan fingerprint density at radius 2 is 2.24 bits per heavy atom. The molecule has 1 aromatic heterocycles. The number of nitrogens with zero attached hydrogens (tertiary/aromatic N) is 1. The lowest BCUT2D eigenvalue weighted by Gasteiger charge is -2.24. The van der Waals surface area contributed by atoms with Crippen molar-refractivity contribution in [3.8, 4) is 0 Å². The van der Waals surface area contributed by atoms with Gasteiger partial charge in [0.1, 0.15) is 5.82 Å². The predicted octanol–water partition coefficient (Wildman–Crippen LogP) is 1.77. The summed E-state index contributed by atoms with van der Waals surface area (Å²) >= 11 is 0. The van der Waals surface area contributed by atoms with Gasteiger partial charge < -0.3 is 20.5 Å². The molecule has 25 heavy (non-hydrogen) atoms. The predicted molar refractivity (Wildman–Crippen MR) is 91.6 cm³/mol. The monoisotopic (exact) mass is 344 g/mol. The van der Waals surface area contributed by atoms with Crippen LogP contribution < -0.4 is 10.6 Å². The van der Waals surface area contributed by atoms with E-state index in [1.807, 2.05) is 6.07 Å². The van der Waals surface area contributed by atoms with Crippen molar-refractivity contribution in [3.63, 3.8) is 0 Å². The molecule has 0 spiro atoms. The average molecular weight is 344 g/mol. The van der Waals surface area contributed by atoms with Crippen LogP contribution in [-0.4, -0.2) is 47.5 Å². The number of aromatic nitrogens is 1. The zero-order valence-corrected chi connectivity index (χ0v) is 13.8. The maximum atomic E-state index is 14.0. The second-order valence-corrected chi connectivity index (χ2v) is 6.84. The van der Waals surface area contributed by atoms with E-state index in [0.717, 1.165) is 17.5 Å². The number of carbonyl (C=O) groups excluding carboxylic acids is 2. The molecule has 2 unspecified atom stereocenters. The molecule has 2 atom stereocenters. The molecular weight excluding hydrogens is 323 g/mol. The molecule has 2 aliphatic heterocycles. The lowest BCUT2D eigenvalue weighted by atomic mass is 9.94. The molecule has 4 rings (SSSR count). The number of aromatic amines is 1. The van der Waals surface area contributed by atoms with Crippen LogP contribution in [0.2, 0.25) is 0 Å². The van der Waals surface area contributed by atoms with Gasteiger partial charge in [0.15, 0.2) is 0 Å². The molecule has 1 aromatic carbocycles. The molecule has 0 radical (unpaired) electrons. The number of urea groups is 1. The number of halogens is 1. The number of H-pyrrole nitrogens is 1. The number of fused-ring (bicyclic) bond motifs is 2. The fourth-order valence-electron chi connectivity index (χ4n) is 3.91. The fraction of sp³-hybridized carbons (Fsp3) is 0.444. The van der Waals surface area contributed by atoms with E-state index in [4.69, 9.17) is 0 Å². The smallest absolute Gasteiger partial charge is 0.317 e. The molecule has 0 saturated carbocycles. The molecule has 7 heteroatoms. The molecule has 2 fully saturated rings. The Hall–Kier alpha value is -2.57. The number of nitrogens with one attached hydrogen (secondary N) is 3. The van der Waals surface area contributed by atoms with Crippen LogP contribution in [0.5, 0.6) is 0 Å². The van der Waals surface area contributed by atoms with Crippen molar-refractivity contribution in [1.82, 2.24) is 20.5 Å². The maximum absolute atomic E-state index is 14.0. The zero-order chi connectivity index (χ0) is 17.4. The van der Waals surface area contributed by atoms with E-state index in [9.17, 15) is 14.0 Å². The average Bonchev–Trinajstić information content (AvgIpc) is 3.19. The summed E-state index contributed by atoms with van der Waals surface area (Å²) in [6.07, 6.45) is 3.74. The van der Waals surface area contributed by atoms with Crippen LogP contribution in [0.3, 0.4) is 0 Å². The van der Waals surface area contributed by atoms with Gasteiger partial charge in [0, 0.05) is 43.2 Å². The van der Waals surface area contributed by atoms with E-state index in [-0.39, 0.29) is 23.8 Å². The molecular formula is C18H21FN4O2. The van der Waals surface area contributed by atoms with Crippen LogP contribution in [0, 0.1) is 11.7 Å². The van der Waals surface area contributed by atoms with Gasteiger partial charge in [-0.3, -0.25) is 4.79 Å². The highest BCUT2D eigenvalue weighted by atomic mass is 19.1. The molecule has 6 nitrogen and oxygen atoms in total. The fourth-order valence-corrected chi connectivity index (χ4v) is 3.91. The van der Waals surface area contributed by atoms with Crippen molar-refractivity contribution >= 4 is 22.8 Å². The Labute approximate surface area is 144 Å². The van der Waals surface area contributed by atoms with Crippen LogP contribution in [-0.2, 0) is 11.2 Å². The minimum Gasteiger partial charge on any atom is -0.361 e. The van der Waals surface area contributed by atoms with Crippen LogP contribution in [0.1, 0.15) is 18.4 Å². The molecule has 132 valence electrons. The van der Waals surface area contributed by atoms with E-state index in [0.29, 0.717) is 43.8 Å². The maximum Gasteiger partial charge on any atom is 0.317 e. The number of amides is 3. The summed E-state index contributed by atoms with van der Waals surface area (Å²) in [5, 5.41) is 6.46. The molecule has 0 bridgehead atoms. The van der Waals surface area contributed by atoms with Gasteiger partial charge >= 0.3 is 6.03 Å².